The first kappa shape index (κ1) is 18.0. The van der Waals surface area contributed by atoms with Crippen molar-refractivity contribution >= 4 is 11.6 Å². The quantitative estimate of drug-likeness (QED) is 0.720. The zero-order valence-electron chi connectivity index (χ0n) is 14.2. The van der Waals surface area contributed by atoms with E-state index in [2.05, 4.69) is 11.8 Å². The van der Waals surface area contributed by atoms with Gasteiger partial charge in [0, 0.05) is 19.2 Å². The molecule has 3 aliphatic rings. The number of fused-ring (bicyclic) bond motifs is 2. The number of hydrogen-bond acceptors (Lipinski definition) is 2. The average molecular weight is 362 g/mol. The van der Waals surface area contributed by atoms with Crippen molar-refractivity contribution in [3.8, 4) is 0 Å². The Morgan fingerprint density at radius 2 is 2.00 bits per heavy atom. The van der Waals surface area contributed by atoms with Gasteiger partial charge in [-0.05, 0) is 63.3 Å². The third kappa shape index (κ3) is 3.31. The van der Waals surface area contributed by atoms with Gasteiger partial charge in [0.15, 0.2) is 0 Å². The predicted molar refractivity (Wildman–Crippen MR) is 88.1 cm³/mol. The van der Waals surface area contributed by atoms with Crippen LogP contribution in [0, 0.1) is 5.41 Å². The fourth-order valence-corrected chi connectivity index (χ4v) is 4.76. The van der Waals surface area contributed by atoms with Crippen molar-refractivity contribution in [3.63, 3.8) is 0 Å². The largest absolute Gasteiger partial charge is 0.417 e. The summed E-state index contributed by atoms with van der Waals surface area (Å²) in [7, 11) is 2.02. The molecular weight excluding hydrogens is 339 g/mol. The van der Waals surface area contributed by atoms with Crippen molar-refractivity contribution in [2.24, 2.45) is 5.41 Å². The second-order valence-corrected chi connectivity index (χ2v) is 8.14. The van der Waals surface area contributed by atoms with Crippen molar-refractivity contribution in [2.75, 3.05) is 20.2 Å². The summed E-state index contributed by atoms with van der Waals surface area (Å²) in [6.07, 6.45) is -1.24. The molecule has 0 amide bonds. The van der Waals surface area contributed by atoms with Crippen LogP contribution in [0.5, 0.6) is 0 Å². The number of benzene rings is 1. The molecule has 6 heteroatoms. The van der Waals surface area contributed by atoms with E-state index in [1.807, 2.05) is 14.0 Å². The normalized spacial score (nSPS) is 31.0. The van der Waals surface area contributed by atoms with Crippen LogP contribution in [-0.4, -0.2) is 30.7 Å². The molecular formula is C18H23ClF3NO. The second kappa shape index (κ2) is 5.89. The van der Waals surface area contributed by atoms with Crippen LogP contribution in [0.4, 0.5) is 13.2 Å². The molecule has 1 aromatic rings. The summed E-state index contributed by atoms with van der Waals surface area (Å²) >= 11 is 5.85. The average Bonchev–Trinajstić information content (AvgIpc) is 2.43. The van der Waals surface area contributed by atoms with Gasteiger partial charge in [-0.15, -0.1) is 0 Å². The molecule has 4 rings (SSSR count). The highest BCUT2D eigenvalue weighted by atomic mass is 35.5. The number of alkyl halides is 3. The van der Waals surface area contributed by atoms with Gasteiger partial charge in [0.2, 0.25) is 0 Å². The number of rotatable bonds is 4. The van der Waals surface area contributed by atoms with Gasteiger partial charge in [-0.2, -0.15) is 13.2 Å². The van der Waals surface area contributed by atoms with Gasteiger partial charge >= 0.3 is 6.18 Å². The standard InChI is InChI=1S/C18H23ClF3NO/c1-12(13-4-5-14(15(19)8-13)18(20,21)22)23(3)11-17-6-7-24-16(2,9-17)10-17/h4-5,8,12H,6-7,9-11H2,1-3H3. The first-order valence-electron chi connectivity index (χ1n) is 8.25. The van der Waals surface area contributed by atoms with E-state index in [1.54, 1.807) is 0 Å². The summed E-state index contributed by atoms with van der Waals surface area (Å²) < 4.78 is 44.3. The lowest BCUT2D eigenvalue weighted by Crippen LogP contribution is -2.60. The van der Waals surface area contributed by atoms with E-state index in [0.29, 0.717) is 0 Å². The van der Waals surface area contributed by atoms with Gasteiger partial charge in [0.25, 0.3) is 0 Å². The fraction of sp³-hybridized carbons (Fsp3) is 0.667. The molecule has 0 radical (unpaired) electrons. The van der Waals surface area contributed by atoms with Crippen LogP contribution in [0.2, 0.25) is 5.02 Å². The van der Waals surface area contributed by atoms with Crippen molar-refractivity contribution in [1.82, 2.24) is 4.90 Å². The monoisotopic (exact) mass is 361 g/mol. The van der Waals surface area contributed by atoms with Crippen LogP contribution in [0.1, 0.15) is 50.3 Å². The molecule has 1 aromatic carbocycles. The molecule has 2 heterocycles. The Kier molecular flexibility index (Phi) is 4.42. The lowest BCUT2D eigenvalue weighted by atomic mass is 9.56. The maximum atomic E-state index is 12.8. The van der Waals surface area contributed by atoms with E-state index in [0.717, 1.165) is 44.0 Å². The minimum Gasteiger partial charge on any atom is -0.375 e. The molecule has 2 bridgehead atoms. The minimum atomic E-state index is -4.41. The van der Waals surface area contributed by atoms with Crippen LogP contribution >= 0.6 is 11.6 Å². The van der Waals surface area contributed by atoms with Crippen LogP contribution in [0.15, 0.2) is 18.2 Å². The molecule has 0 N–H and O–H groups in total. The number of hydrogen-bond donors (Lipinski definition) is 0. The molecule has 1 unspecified atom stereocenters. The Morgan fingerprint density at radius 3 is 2.54 bits per heavy atom. The van der Waals surface area contributed by atoms with Gasteiger partial charge in [-0.25, -0.2) is 0 Å². The summed E-state index contributed by atoms with van der Waals surface area (Å²) in [5.41, 5.74) is 0.340. The summed E-state index contributed by atoms with van der Waals surface area (Å²) in [5, 5.41) is -0.235. The number of nitrogens with zero attached hydrogens (tertiary/aromatic N) is 1. The smallest absolute Gasteiger partial charge is 0.375 e. The topological polar surface area (TPSA) is 12.5 Å². The minimum absolute atomic E-state index is 0.00820. The van der Waals surface area contributed by atoms with Crippen molar-refractivity contribution in [2.45, 2.75) is 50.9 Å². The molecule has 0 spiro atoms. The van der Waals surface area contributed by atoms with E-state index in [9.17, 15) is 13.2 Å². The van der Waals surface area contributed by atoms with Crippen LogP contribution < -0.4 is 0 Å². The van der Waals surface area contributed by atoms with Crippen molar-refractivity contribution in [1.29, 1.82) is 0 Å². The SMILES string of the molecule is CC(c1ccc(C(F)(F)F)c(Cl)c1)N(C)CC12CCOC(C)(C1)C2. The zero-order chi connectivity index (χ0) is 17.8. The van der Waals surface area contributed by atoms with Gasteiger partial charge in [0.1, 0.15) is 0 Å². The third-order valence-electron chi connectivity index (χ3n) is 5.61. The van der Waals surface area contributed by atoms with E-state index in [1.165, 1.54) is 12.1 Å². The van der Waals surface area contributed by atoms with Crippen LogP contribution in [-0.2, 0) is 10.9 Å². The van der Waals surface area contributed by atoms with E-state index in [-0.39, 0.29) is 22.1 Å². The van der Waals surface area contributed by atoms with E-state index < -0.39 is 11.7 Å². The van der Waals surface area contributed by atoms with Gasteiger partial charge in [-0.3, -0.25) is 4.90 Å². The summed E-state index contributed by atoms with van der Waals surface area (Å²) in [6.45, 7) is 5.88. The zero-order valence-corrected chi connectivity index (χ0v) is 15.0. The van der Waals surface area contributed by atoms with Gasteiger partial charge in [0.05, 0.1) is 16.2 Å². The van der Waals surface area contributed by atoms with E-state index >= 15 is 0 Å². The van der Waals surface area contributed by atoms with Crippen molar-refractivity contribution < 1.29 is 17.9 Å². The third-order valence-corrected chi connectivity index (χ3v) is 5.92. The highest BCUT2D eigenvalue weighted by Gasteiger charge is 2.56. The van der Waals surface area contributed by atoms with Gasteiger partial charge < -0.3 is 4.74 Å². The first-order valence-corrected chi connectivity index (χ1v) is 8.62. The highest BCUT2D eigenvalue weighted by Crippen LogP contribution is 2.57. The molecule has 24 heavy (non-hydrogen) atoms. The molecule has 1 aliphatic carbocycles. The Balaban J connectivity index is 1.70. The number of ether oxygens (including phenoxy) is 1. The summed E-state index contributed by atoms with van der Waals surface area (Å²) in [6, 6.07) is 4.06. The Labute approximate surface area is 145 Å². The number of halogens is 4. The molecule has 1 saturated carbocycles. The molecule has 1 atom stereocenters. The maximum absolute atomic E-state index is 12.8. The van der Waals surface area contributed by atoms with Crippen LogP contribution in [0.25, 0.3) is 0 Å². The maximum Gasteiger partial charge on any atom is 0.417 e. The molecule has 2 aliphatic heterocycles. The van der Waals surface area contributed by atoms with Crippen LogP contribution in [0.3, 0.4) is 0 Å². The Morgan fingerprint density at radius 1 is 1.33 bits per heavy atom. The molecule has 2 saturated heterocycles. The predicted octanol–water partition coefficient (Wildman–Crippen LogP) is 5.31. The lowest BCUT2D eigenvalue weighted by molar-refractivity contribution is -0.220. The second-order valence-electron chi connectivity index (χ2n) is 7.73. The Bertz CT molecular complexity index is 625. The molecule has 3 fully saturated rings. The summed E-state index contributed by atoms with van der Waals surface area (Å²) in [5.74, 6) is 0. The first-order chi connectivity index (χ1) is 11.0. The molecule has 0 aromatic heterocycles. The summed E-state index contributed by atoms with van der Waals surface area (Å²) in [4.78, 5) is 2.21. The molecule has 134 valence electrons. The Hall–Kier alpha value is -0.780. The highest BCUT2D eigenvalue weighted by molar-refractivity contribution is 6.31. The molecule has 2 nitrogen and oxygen atoms in total. The van der Waals surface area contributed by atoms with Gasteiger partial charge in [-0.1, -0.05) is 17.7 Å². The van der Waals surface area contributed by atoms with E-state index in [4.69, 9.17) is 16.3 Å². The fourth-order valence-electron chi connectivity index (χ4n) is 4.46. The van der Waals surface area contributed by atoms with Crippen molar-refractivity contribution in [3.05, 3.63) is 34.3 Å². The lowest BCUT2D eigenvalue weighted by Gasteiger charge is -2.60.